The highest BCUT2D eigenvalue weighted by molar-refractivity contribution is 5.85. The number of likely N-dealkylation sites (N-methyl/N-ethyl adjacent to an activating group) is 1. The van der Waals surface area contributed by atoms with Crippen molar-refractivity contribution in [1.82, 2.24) is 15.2 Å². The molecule has 2 N–H and O–H groups in total. The van der Waals surface area contributed by atoms with Gasteiger partial charge < -0.3 is 15.2 Å². The molecule has 0 unspecified atom stereocenters. The molecule has 102 valence electrons. The predicted molar refractivity (Wildman–Crippen MR) is 78.0 cm³/mol. The lowest BCUT2D eigenvalue weighted by atomic mass is 10.1. The first-order chi connectivity index (χ1) is 9.26. The van der Waals surface area contributed by atoms with Gasteiger partial charge >= 0.3 is 0 Å². The molecule has 1 heterocycles. The number of hydrogen-bond donors (Lipinski definition) is 2. The van der Waals surface area contributed by atoms with Crippen LogP contribution in [0.3, 0.4) is 0 Å². The third kappa shape index (κ3) is 3.15. The monoisotopic (exact) mass is 259 g/mol. The molecule has 0 aliphatic carbocycles. The number of hydrogen-bond acceptors (Lipinski definition) is 2. The van der Waals surface area contributed by atoms with Crippen molar-refractivity contribution < 1.29 is 4.79 Å². The van der Waals surface area contributed by atoms with Crippen molar-refractivity contribution in [3.63, 3.8) is 0 Å². The Labute approximate surface area is 113 Å². The molecule has 0 saturated carbocycles. The summed E-state index contributed by atoms with van der Waals surface area (Å²) in [7, 11) is 0. The predicted octanol–water partition coefficient (Wildman–Crippen LogP) is 1.89. The van der Waals surface area contributed by atoms with Crippen molar-refractivity contribution in [2.45, 2.75) is 26.9 Å². The molecule has 19 heavy (non-hydrogen) atoms. The molecule has 0 bridgehead atoms. The number of nitrogens with one attached hydrogen (secondary N) is 2. The maximum absolute atomic E-state index is 11.7. The molecule has 0 aliphatic heterocycles. The minimum absolute atomic E-state index is 0.0539. The number of carbonyl (C=O) groups excluding carboxylic acids is 1. The summed E-state index contributed by atoms with van der Waals surface area (Å²) in [4.78, 5) is 11.7. The number of aromatic nitrogens is 1. The van der Waals surface area contributed by atoms with Crippen LogP contribution in [0.15, 0.2) is 30.5 Å². The Bertz CT molecular complexity index is 560. The molecule has 0 aliphatic rings. The van der Waals surface area contributed by atoms with Gasteiger partial charge in [0.2, 0.25) is 5.91 Å². The second-order valence-corrected chi connectivity index (χ2v) is 4.53. The number of amides is 1. The fraction of sp³-hybridized carbons (Fsp3) is 0.400. The highest BCUT2D eigenvalue weighted by Gasteiger charge is 2.08. The Morgan fingerprint density at radius 1 is 1.21 bits per heavy atom. The molecule has 4 heteroatoms. The quantitative estimate of drug-likeness (QED) is 0.832. The van der Waals surface area contributed by atoms with E-state index in [-0.39, 0.29) is 5.91 Å². The number of fused-ring (bicyclic) bond motifs is 1. The van der Waals surface area contributed by atoms with E-state index in [0.29, 0.717) is 13.1 Å². The van der Waals surface area contributed by atoms with E-state index in [0.717, 1.165) is 18.6 Å². The van der Waals surface area contributed by atoms with Crippen LogP contribution >= 0.6 is 0 Å². The Morgan fingerprint density at radius 3 is 2.79 bits per heavy atom. The molecule has 4 nitrogen and oxygen atoms in total. The van der Waals surface area contributed by atoms with E-state index in [9.17, 15) is 4.79 Å². The molecule has 0 spiro atoms. The number of nitrogens with zero attached hydrogens (tertiary/aromatic N) is 1. The van der Waals surface area contributed by atoms with Crippen LogP contribution in [0.5, 0.6) is 0 Å². The molecule has 1 amide bonds. The minimum atomic E-state index is 0.0539. The Morgan fingerprint density at radius 2 is 2.05 bits per heavy atom. The normalized spacial score (nSPS) is 10.8. The van der Waals surface area contributed by atoms with Crippen molar-refractivity contribution in [3.05, 3.63) is 36.0 Å². The van der Waals surface area contributed by atoms with Gasteiger partial charge in [-0.15, -0.1) is 0 Å². The summed E-state index contributed by atoms with van der Waals surface area (Å²) in [6.07, 6.45) is 1.98. The van der Waals surface area contributed by atoms with Gasteiger partial charge in [0.25, 0.3) is 0 Å². The molecule has 0 fully saturated rings. The summed E-state index contributed by atoms with van der Waals surface area (Å²) >= 11 is 0. The summed E-state index contributed by atoms with van der Waals surface area (Å²) in [5.74, 6) is 0.0539. The van der Waals surface area contributed by atoms with E-state index < -0.39 is 0 Å². The number of benzene rings is 1. The Kier molecular flexibility index (Phi) is 4.58. The molecular formula is C15H21N3O. The molecule has 2 rings (SSSR count). The van der Waals surface area contributed by atoms with Gasteiger partial charge in [0, 0.05) is 19.3 Å². The van der Waals surface area contributed by atoms with E-state index >= 15 is 0 Å². The third-order valence-electron chi connectivity index (χ3n) is 3.13. The second kappa shape index (κ2) is 6.38. The van der Waals surface area contributed by atoms with E-state index in [2.05, 4.69) is 41.8 Å². The van der Waals surface area contributed by atoms with Crippen LogP contribution in [0.25, 0.3) is 10.9 Å². The lowest BCUT2D eigenvalue weighted by Crippen LogP contribution is -2.27. The van der Waals surface area contributed by atoms with Crippen molar-refractivity contribution in [1.29, 1.82) is 0 Å². The summed E-state index contributed by atoms with van der Waals surface area (Å²) in [6.45, 7) is 6.83. The first-order valence-corrected chi connectivity index (χ1v) is 6.80. The average Bonchev–Trinajstić information content (AvgIpc) is 2.80. The molecular weight excluding hydrogens is 238 g/mol. The Balaban J connectivity index is 2.30. The SMILES string of the molecule is CCNCc1cccc2ccn(CC(=O)NCC)c12. The fourth-order valence-corrected chi connectivity index (χ4v) is 2.28. The molecule has 0 radical (unpaired) electrons. The zero-order valence-corrected chi connectivity index (χ0v) is 11.6. The zero-order valence-electron chi connectivity index (χ0n) is 11.6. The molecule has 2 aromatic rings. The van der Waals surface area contributed by atoms with Crippen LogP contribution in [0, 0.1) is 0 Å². The summed E-state index contributed by atoms with van der Waals surface area (Å²) in [6, 6.07) is 8.31. The van der Waals surface area contributed by atoms with Crippen LogP contribution in [0.4, 0.5) is 0 Å². The van der Waals surface area contributed by atoms with E-state index in [4.69, 9.17) is 0 Å². The second-order valence-electron chi connectivity index (χ2n) is 4.53. The van der Waals surface area contributed by atoms with Crippen LogP contribution in [0.1, 0.15) is 19.4 Å². The van der Waals surface area contributed by atoms with Gasteiger partial charge in [-0.3, -0.25) is 4.79 Å². The van der Waals surface area contributed by atoms with Gasteiger partial charge in [-0.2, -0.15) is 0 Å². The summed E-state index contributed by atoms with van der Waals surface area (Å²) < 4.78 is 2.02. The molecule has 1 aromatic carbocycles. The van der Waals surface area contributed by atoms with Crippen LogP contribution in [0.2, 0.25) is 0 Å². The lowest BCUT2D eigenvalue weighted by Gasteiger charge is -2.10. The first kappa shape index (κ1) is 13.6. The van der Waals surface area contributed by atoms with Crippen molar-refractivity contribution in [3.8, 4) is 0 Å². The third-order valence-corrected chi connectivity index (χ3v) is 3.13. The maximum Gasteiger partial charge on any atom is 0.239 e. The number of carbonyl (C=O) groups is 1. The largest absolute Gasteiger partial charge is 0.355 e. The highest BCUT2D eigenvalue weighted by Crippen LogP contribution is 2.20. The lowest BCUT2D eigenvalue weighted by molar-refractivity contribution is -0.121. The number of rotatable bonds is 6. The van der Waals surface area contributed by atoms with E-state index in [1.807, 2.05) is 17.7 Å². The van der Waals surface area contributed by atoms with Crippen LogP contribution in [-0.2, 0) is 17.9 Å². The van der Waals surface area contributed by atoms with Gasteiger partial charge in [-0.25, -0.2) is 0 Å². The minimum Gasteiger partial charge on any atom is -0.355 e. The average molecular weight is 259 g/mol. The Hall–Kier alpha value is -1.81. The highest BCUT2D eigenvalue weighted by atomic mass is 16.1. The summed E-state index contributed by atoms with van der Waals surface area (Å²) in [5, 5.41) is 7.35. The van der Waals surface area contributed by atoms with Crippen molar-refractivity contribution in [2.75, 3.05) is 13.1 Å². The molecule has 0 atom stereocenters. The van der Waals surface area contributed by atoms with Crippen LogP contribution < -0.4 is 10.6 Å². The van der Waals surface area contributed by atoms with E-state index in [1.165, 1.54) is 10.9 Å². The van der Waals surface area contributed by atoms with Gasteiger partial charge in [-0.1, -0.05) is 25.1 Å². The van der Waals surface area contributed by atoms with Gasteiger partial charge in [0.1, 0.15) is 6.54 Å². The molecule has 1 aromatic heterocycles. The van der Waals surface area contributed by atoms with Crippen molar-refractivity contribution >= 4 is 16.8 Å². The van der Waals surface area contributed by atoms with Crippen molar-refractivity contribution in [2.24, 2.45) is 0 Å². The fourth-order valence-electron chi connectivity index (χ4n) is 2.28. The standard InChI is InChI=1S/C15H21N3O/c1-3-16-10-13-7-5-6-12-8-9-18(15(12)13)11-14(19)17-4-2/h5-9,16H,3-4,10-11H2,1-2H3,(H,17,19). The van der Waals surface area contributed by atoms with Gasteiger partial charge in [-0.05, 0) is 30.5 Å². The van der Waals surface area contributed by atoms with Crippen LogP contribution in [-0.4, -0.2) is 23.6 Å². The van der Waals surface area contributed by atoms with Gasteiger partial charge in [0.15, 0.2) is 0 Å². The summed E-state index contributed by atoms with van der Waals surface area (Å²) in [5.41, 5.74) is 2.38. The number of para-hydroxylation sites is 1. The molecule has 0 saturated heterocycles. The zero-order chi connectivity index (χ0) is 13.7. The first-order valence-electron chi connectivity index (χ1n) is 6.80. The van der Waals surface area contributed by atoms with Gasteiger partial charge in [0.05, 0.1) is 5.52 Å². The smallest absolute Gasteiger partial charge is 0.239 e. The maximum atomic E-state index is 11.7. The topological polar surface area (TPSA) is 46.1 Å². The van der Waals surface area contributed by atoms with E-state index in [1.54, 1.807) is 0 Å².